The molecule has 1 fully saturated rings. The van der Waals surface area contributed by atoms with E-state index < -0.39 is 65.7 Å². The lowest BCUT2D eigenvalue weighted by Crippen LogP contribution is -2.50. The molecule has 1 saturated heterocycles. The van der Waals surface area contributed by atoms with Gasteiger partial charge in [0.05, 0.1) is 18.0 Å². The molecule has 5 unspecified atom stereocenters. The Morgan fingerprint density at radius 3 is 2.32 bits per heavy atom. The minimum absolute atomic E-state index is 0.0371. The standard InChI is InChI=1S/C30H49N4O9P/c1-8-10-21(25(37)27(39)31-15-23(36)42-13-9-2)32-26(38)20-12-11-19(28(40)34(16-20)17-44)14-22(35)24(18(3)4)33-29(41)43-30(5,6)7/h9,18-21,24H,2,8,10-17,44H2,1,3-7H3,(H,31,39)(H,32,38)(H,33,41). The monoisotopic (exact) mass is 640 g/mol. The molecule has 13 nitrogen and oxygen atoms in total. The second-order valence-corrected chi connectivity index (χ2v) is 12.5. The number of amides is 4. The van der Waals surface area contributed by atoms with Gasteiger partial charge in [-0.1, -0.05) is 39.8 Å². The number of hydrogen-bond donors (Lipinski definition) is 3. The first-order valence-electron chi connectivity index (χ1n) is 14.9. The van der Waals surface area contributed by atoms with Crippen molar-refractivity contribution in [3.8, 4) is 0 Å². The van der Waals surface area contributed by atoms with Crippen molar-refractivity contribution in [1.82, 2.24) is 20.9 Å². The van der Waals surface area contributed by atoms with Gasteiger partial charge in [0.15, 0.2) is 5.78 Å². The number of rotatable bonds is 16. The van der Waals surface area contributed by atoms with Crippen LogP contribution >= 0.6 is 9.24 Å². The number of ketones is 2. The predicted octanol–water partition coefficient (Wildman–Crippen LogP) is 1.88. The summed E-state index contributed by atoms with van der Waals surface area (Å²) in [6.07, 6.45) is 1.91. The molecule has 0 aromatic heterocycles. The number of nitrogens with zero attached hydrogens (tertiary/aromatic N) is 1. The molecular weight excluding hydrogens is 591 g/mol. The van der Waals surface area contributed by atoms with Crippen LogP contribution in [0.1, 0.15) is 73.6 Å². The second kappa shape index (κ2) is 18.5. The van der Waals surface area contributed by atoms with Crippen molar-refractivity contribution in [3.63, 3.8) is 0 Å². The van der Waals surface area contributed by atoms with E-state index in [0.717, 1.165) is 0 Å². The van der Waals surface area contributed by atoms with E-state index >= 15 is 0 Å². The largest absolute Gasteiger partial charge is 0.460 e. The van der Waals surface area contributed by atoms with E-state index in [2.05, 4.69) is 31.8 Å². The normalized spacial score (nSPS) is 18.4. The fourth-order valence-corrected chi connectivity index (χ4v) is 5.00. The molecule has 3 N–H and O–H groups in total. The number of carbonyl (C=O) groups is 7. The first-order valence-corrected chi connectivity index (χ1v) is 15.8. The summed E-state index contributed by atoms with van der Waals surface area (Å²) in [7, 11) is 2.45. The zero-order valence-corrected chi connectivity index (χ0v) is 27.9. The van der Waals surface area contributed by atoms with Crippen LogP contribution in [0.3, 0.4) is 0 Å². The number of ether oxygens (including phenoxy) is 2. The predicted molar refractivity (Wildman–Crippen MR) is 166 cm³/mol. The quantitative estimate of drug-likeness (QED) is 0.0984. The van der Waals surface area contributed by atoms with E-state index in [0.29, 0.717) is 6.42 Å². The average Bonchev–Trinajstić information content (AvgIpc) is 3.09. The fraction of sp³-hybridized carbons (Fsp3) is 0.700. The number of nitrogens with one attached hydrogen (secondary N) is 3. The van der Waals surface area contributed by atoms with Crippen molar-refractivity contribution >= 4 is 50.6 Å². The summed E-state index contributed by atoms with van der Waals surface area (Å²) in [6, 6.07) is -1.98. The van der Waals surface area contributed by atoms with Gasteiger partial charge in [-0.25, -0.2) is 4.79 Å². The molecule has 5 atom stereocenters. The van der Waals surface area contributed by atoms with Gasteiger partial charge in [0.1, 0.15) is 18.8 Å². The minimum atomic E-state index is -1.12. The molecule has 0 aromatic carbocycles. The SMILES string of the molecule is C=CCOC(=O)CNC(=O)C(=O)C(CCC)NC(=O)C1CCC(CC(=O)C(NC(=O)OC(C)(C)C)C(C)C)C(=O)N(CP)C1. The summed E-state index contributed by atoms with van der Waals surface area (Å²) in [5, 5.41) is 7.49. The molecule has 1 aliphatic heterocycles. The Balaban J connectivity index is 2.94. The smallest absolute Gasteiger partial charge is 0.408 e. The van der Waals surface area contributed by atoms with Crippen molar-refractivity contribution in [2.75, 3.05) is 26.0 Å². The lowest BCUT2D eigenvalue weighted by molar-refractivity contribution is -0.145. The van der Waals surface area contributed by atoms with Gasteiger partial charge in [-0.05, 0) is 46.0 Å². The Morgan fingerprint density at radius 2 is 1.77 bits per heavy atom. The van der Waals surface area contributed by atoms with Crippen molar-refractivity contribution in [2.45, 2.75) is 91.3 Å². The highest BCUT2D eigenvalue weighted by Gasteiger charge is 2.38. The van der Waals surface area contributed by atoms with Gasteiger partial charge in [-0.3, -0.25) is 28.8 Å². The lowest BCUT2D eigenvalue weighted by atomic mass is 9.88. The minimum Gasteiger partial charge on any atom is -0.460 e. The van der Waals surface area contributed by atoms with Crippen LogP contribution in [0.15, 0.2) is 12.7 Å². The van der Waals surface area contributed by atoms with Crippen LogP contribution in [0.2, 0.25) is 0 Å². The Kier molecular flexibility index (Phi) is 16.2. The van der Waals surface area contributed by atoms with Gasteiger partial charge in [-0.15, -0.1) is 9.24 Å². The summed E-state index contributed by atoms with van der Waals surface area (Å²) in [4.78, 5) is 90.7. The highest BCUT2D eigenvalue weighted by molar-refractivity contribution is 7.16. The lowest BCUT2D eigenvalue weighted by Gasteiger charge is -2.27. The average molecular weight is 641 g/mol. The molecule has 1 heterocycles. The number of Topliss-reactive ketones (excluding diaryl/α,β-unsaturated/α-hetero) is 2. The summed E-state index contributed by atoms with van der Waals surface area (Å²) < 4.78 is 10.1. The Labute approximate surface area is 262 Å². The molecule has 0 spiro atoms. The summed E-state index contributed by atoms with van der Waals surface area (Å²) in [6.45, 7) is 13.4. The first-order chi connectivity index (χ1) is 20.5. The molecule has 0 saturated carbocycles. The van der Waals surface area contributed by atoms with Gasteiger partial charge in [0.2, 0.25) is 17.6 Å². The first kappa shape index (κ1) is 38.7. The van der Waals surface area contributed by atoms with Gasteiger partial charge in [0, 0.05) is 25.2 Å². The fourth-order valence-electron chi connectivity index (χ4n) is 4.67. The van der Waals surface area contributed by atoms with Crippen LogP contribution in [-0.4, -0.2) is 89.9 Å². The Bertz CT molecular complexity index is 1070. The number of alkyl carbamates (subject to hydrolysis) is 1. The zero-order valence-electron chi connectivity index (χ0n) is 26.7. The van der Waals surface area contributed by atoms with Gasteiger partial charge in [-0.2, -0.15) is 0 Å². The third kappa shape index (κ3) is 13.1. The van der Waals surface area contributed by atoms with Crippen molar-refractivity contribution < 1.29 is 43.0 Å². The number of hydrogen-bond acceptors (Lipinski definition) is 9. The third-order valence-electron chi connectivity index (χ3n) is 6.88. The van der Waals surface area contributed by atoms with Crippen LogP contribution in [0, 0.1) is 17.8 Å². The van der Waals surface area contributed by atoms with E-state index in [1.807, 2.05) is 0 Å². The number of carbonyl (C=O) groups excluding carboxylic acids is 7. The maximum Gasteiger partial charge on any atom is 0.408 e. The van der Waals surface area contributed by atoms with Gasteiger partial charge in [0.25, 0.3) is 5.91 Å². The molecule has 0 radical (unpaired) electrons. The molecule has 248 valence electrons. The maximum absolute atomic E-state index is 13.4. The third-order valence-corrected chi connectivity index (χ3v) is 7.32. The topological polar surface area (TPSA) is 177 Å². The summed E-state index contributed by atoms with van der Waals surface area (Å²) in [5.41, 5.74) is -0.745. The van der Waals surface area contributed by atoms with E-state index in [1.54, 1.807) is 41.5 Å². The van der Waals surface area contributed by atoms with Crippen molar-refractivity contribution in [3.05, 3.63) is 12.7 Å². The summed E-state index contributed by atoms with van der Waals surface area (Å²) >= 11 is 0. The van der Waals surface area contributed by atoms with Gasteiger partial charge < -0.3 is 30.3 Å². The molecule has 14 heteroatoms. The van der Waals surface area contributed by atoms with E-state index in [9.17, 15) is 33.6 Å². The van der Waals surface area contributed by atoms with Crippen LogP contribution in [0.5, 0.6) is 0 Å². The molecule has 1 rings (SSSR count). The number of likely N-dealkylation sites (tertiary alicyclic amines) is 1. The number of esters is 1. The van der Waals surface area contributed by atoms with Crippen LogP contribution < -0.4 is 16.0 Å². The molecule has 0 aromatic rings. The Hall–Kier alpha value is -3.34. The molecule has 4 amide bonds. The van der Waals surface area contributed by atoms with E-state index in [-0.39, 0.29) is 62.7 Å². The van der Waals surface area contributed by atoms with E-state index in [4.69, 9.17) is 9.47 Å². The molecule has 0 bridgehead atoms. The zero-order chi connectivity index (χ0) is 33.6. The van der Waals surface area contributed by atoms with Gasteiger partial charge >= 0.3 is 12.1 Å². The highest BCUT2D eigenvalue weighted by atomic mass is 31.0. The maximum atomic E-state index is 13.4. The van der Waals surface area contributed by atoms with Crippen molar-refractivity contribution in [2.24, 2.45) is 17.8 Å². The second-order valence-electron chi connectivity index (χ2n) is 12.1. The van der Waals surface area contributed by atoms with Crippen molar-refractivity contribution in [1.29, 1.82) is 0 Å². The molecule has 1 aliphatic rings. The molecule has 44 heavy (non-hydrogen) atoms. The Morgan fingerprint density at radius 1 is 1.11 bits per heavy atom. The summed E-state index contributed by atoms with van der Waals surface area (Å²) in [5.74, 6) is -5.41. The van der Waals surface area contributed by atoms with E-state index in [1.165, 1.54) is 11.0 Å². The van der Waals surface area contributed by atoms with Crippen LogP contribution in [-0.2, 0) is 38.2 Å². The molecular formula is C30H49N4O9P. The van der Waals surface area contributed by atoms with Crippen LogP contribution in [0.25, 0.3) is 0 Å². The molecule has 0 aliphatic carbocycles. The highest BCUT2D eigenvalue weighted by Crippen LogP contribution is 2.27. The van der Waals surface area contributed by atoms with Crippen LogP contribution in [0.4, 0.5) is 4.79 Å².